The van der Waals surface area contributed by atoms with Crippen LogP contribution in [0.15, 0.2) is 24.3 Å². The van der Waals surface area contributed by atoms with Gasteiger partial charge in [0.2, 0.25) is 0 Å². The molecule has 4 nitrogen and oxygen atoms in total. The Labute approximate surface area is 125 Å². The van der Waals surface area contributed by atoms with E-state index in [1.807, 2.05) is 24.3 Å². The molecule has 0 heterocycles. The highest BCUT2D eigenvalue weighted by Crippen LogP contribution is 2.13. The predicted octanol–water partition coefficient (Wildman–Crippen LogP) is 3.08. The van der Waals surface area contributed by atoms with Crippen LogP contribution in [0.25, 0.3) is 0 Å². The van der Waals surface area contributed by atoms with Gasteiger partial charge in [0, 0.05) is 11.4 Å². The fourth-order valence-electron chi connectivity index (χ4n) is 1.95. The van der Waals surface area contributed by atoms with Crippen LogP contribution in [0.3, 0.4) is 0 Å². The average molecular weight is 296 g/mol. The molecule has 0 bridgehead atoms. The molecule has 0 aliphatic heterocycles. The van der Waals surface area contributed by atoms with Crippen LogP contribution in [0.1, 0.15) is 25.8 Å². The molecule has 3 N–H and O–H groups in total. The van der Waals surface area contributed by atoms with E-state index in [9.17, 15) is 9.90 Å². The van der Waals surface area contributed by atoms with E-state index in [0.29, 0.717) is 5.92 Å². The molecule has 1 aromatic carbocycles. The SMILES string of the molecule is CSCc1ccc(NC(=O)N[C@@H](CO)CC(C)C)cc1. The second kappa shape index (κ2) is 8.87. The van der Waals surface area contributed by atoms with E-state index in [1.54, 1.807) is 11.8 Å². The van der Waals surface area contributed by atoms with Crippen LogP contribution in [0.2, 0.25) is 0 Å². The lowest BCUT2D eigenvalue weighted by Crippen LogP contribution is -2.40. The number of thioether (sulfide) groups is 1. The maximum absolute atomic E-state index is 11.8. The summed E-state index contributed by atoms with van der Waals surface area (Å²) in [5.41, 5.74) is 1.99. The summed E-state index contributed by atoms with van der Waals surface area (Å²) < 4.78 is 0. The van der Waals surface area contributed by atoms with E-state index < -0.39 is 0 Å². The summed E-state index contributed by atoms with van der Waals surface area (Å²) in [6.07, 6.45) is 2.82. The smallest absolute Gasteiger partial charge is 0.319 e. The van der Waals surface area contributed by atoms with Crippen molar-refractivity contribution in [3.8, 4) is 0 Å². The van der Waals surface area contributed by atoms with Gasteiger partial charge in [0.15, 0.2) is 0 Å². The standard InChI is InChI=1S/C15H24N2O2S/c1-11(2)8-14(9-18)17-15(19)16-13-6-4-12(5-7-13)10-20-3/h4-7,11,14,18H,8-10H2,1-3H3,(H2,16,17,19)/t14-/m1/s1. The molecule has 5 heteroatoms. The monoisotopic (exact) mass is 296 g/mol. The van der Waals surface area contributed by atoms with Crippen molar-refractivity contribution >= 4 is 23.5 Å². The Bertz CT molecular complexity index is 407. The molecule has 112 valence electrons. The summed E-state index contributed by atoms with van der Waals surface area (Å²) in [7, 11) is 0. The molecule has 0 fully saturated rings. The minimum Gasteiger partial charge on any atom is -0.394 e. The topological polar surface area (TPSA) is 61.4 Å². The third-order valence-corrected chi connectivity index (χ3v) is 3.46. The van der Waals surface area contributed by atoms with Crippen LogP contribution in [-0.4, -0.2) is 30.0 Å². The lowest BCUT2D eigenvalue weighted by Gasteiger charge is -2.18. The minimum atomic E-state index is -0.276. The van der Waals surface area contributed by atoms with Gasteiger partial charge in [-0.25, -0.2) is 4.79 Å². The van der Waals surface area contributed by atoms with Crippen molar-refractivity contribution in [3.63, 3.8) is 0 Å². The molecule has 0 saturated carbocycles. The molecule has 0 radical (unpaired) electrons. The summed E-state index contributed by atoms with van der Waals surface area (Å²) in [6, 6.07) is 7.31. The Morgan fingerprint density at radius 1 is 1.30 bits per heavy atom. The van der Waals surface area contributed by atoms with Crippen LogP contribution >= 0.6 is 11.8 Å². The number of hydrogen-bond acceptors (Lipinski definition) is 3. The Kier molecular flexibility index (Phi) is 7.47. The quantitative estimate of drug-likeness (QED) is 0.724. The largest absolute Gasteiger partial charge is 0.394 e. The first kappa shape index (κ1) is 16.9. The predicted molar refractivity (Wildman–Crippen MR) is 86.1 cm³/mol. The number of aliphatic hydroxyl groups excluding tert-OH is 1. The normalized spacial score (nSPS) is 12.2. The molecule has 0 aliphatic carbocycles. The molecule has 0 aliphatic rings. The molecular formula is C15H24N2O2S. The molecule has 1 aromatic rings. The molecule has 2 amide bonds. The highest BCUT2D eigenvalue weighted by atomic mass is 32.2. The van der Waals surface area contributed by atoms with E-state index >= 15 is 0 Å². The van der Waals surface area contributed by atoms with Crippen molar-refractivity contribution in [2.75, 3.05) is 18.2 Å². The molecule has 0 aromatic heterocycles. The number of aliphatic hydroxyl groups is 1. The molecule has 1 atom stereocenters. The zero-order valence-electron chi connectivity index (χ0n) is 12.3. The first-order valence-electron chi connectivity index (χ1n) is 6.81. The van der Waals surface area contributed by atoms with Gasteiger partial charge in [-0.1, -0.05) is 26.0 Å². The summed E-state index contributed by atoms with van der Waals surface area (Å²) >= 11 is 1.76. The Morgan fingerprint density at radius 2 is 1.95 bits per heavy atom. The zero-order valence-corrected chi connectivity index (χ0v) is 13.2. The lowest BCUT2D eigenvalue weighted by atomic mass is 10.0. The summed E-state index contributed by atoms with van der Waals surface area (Å²) in [5.74, 6) is 1.39. The van der Waals surface area contributed by atoms with Crippen LogP contribution in [0.4, 0.5) is 10.5 Å². The van der Waals surface area contributed by atoms with E-state index in [-0.39, 0.29) is 18.7 Å². The van der Waals surface area contributed by atoms with Gasteiger partial charge in [-0.3, -0.25) is 0 Å². The van der Waals surface area contributed by atoms with E-state index in [2.05, 4.69) is 30.7 Å². The van der Waals surface area contributed by atoms with Crippen molar-refractivity contribution in [1.82, 2.24) is 5.32 Å². The number of hydrogen-bond donors (Lipinski definition) is 3. The van der Waals surface area contributed by atoms with Crippen molar-refractivity contribution in [3.05, 3.63) is 29.8 Å². The van der Waals surface area contributed by atoms with Crippen molar-refractivity contribution in [2.24, 2.45) is 5.92 Å². The van der Waals surface area contributed by atoms with Crippen molar-refractivity contribution in [1.29, 1.82) is 0 Å². The molecule has 0 unspecified atom stereocenters. The third kappa shape index (κ3) is 6.30. The maximum Gasteiger partial charge on any atom is 0.319 e. The number of urea groups is 1. The highest BCUT2D eigenvalue weighted by Gasteiger charge is 2.12. The summed E-state index contributed by atoms with van der Waals surface area (Å²) in [4.78, 5) is 11.8. The number of benzene rings is 1. The van der Waals surface area contributed by atoms with Gasteiger partial charge >= 0.3 is 6.03 Å². The Balaban J connectivity index is 2.48. The van der Waals surface area contributed by atoms with E-state index in [4.69, 9.17) is 0 Å². The Hall–Kier alpha value is -1.20. The Morgan fingerprint density at radius 3 is 2.45 bits per heavy atom. The van der Waals surface area contributed by atoms with E-state index in [1.165, 1.54) is 5.56 Å². The number of carbonyl (C=O) groups is 1. The summed E-state index contributed by atoms with van der Waals surface area (Å²) in [5, 5.41) is 14.8. The fourth-order valence-corrected chi connectivity index (χ4v) is 2.48. The number of anilines is 1. The first-order valence-corrected chi connectivity index (χ1v) is 8.20. The maximum atomic E-state index is 11.8. The number of carbonyl (C=O) groups excluding carboxylic acids is 1. The van der Waals surface area contributed by atoms with E-state index in [0.717, 1.165) is 17.9 Å². The lowest BCUT2D eigenvalue weighted by molar-refractivity contribution is 0.214. The van der Waals surface area contributed by atoms with Crippen LogP contribution in [-0.2, 0) is 5.75 Å². The molecule has 0 spiro atoms. The number of amides is 2. The minimum absolute atomic E-state index is 0.0434. The van der Waals surface area contributed by atoms with Gasteiger partial charge < -0.3 is 15.7 Å². The van der Waals surface area contributed by atoms with Crippen LogP contribution in [0.5, 0.6) is 0 Å². The average Bonchev–Trinajstić information content (AvgIpc) is 2.40. The van der Waals surface area contributed by atoms with Crippen molar-refractivity contribution in [2.45, 2.75) is 32.1 Å². The summed E-state index contributed by atoms with van der Waals surface area (Å²) in [6.45, 7) is 4.08. The zero-order chi connectivity index (χ0) is 15.0. The molecule has 1 rings (SSSR count). The third-order valence-electron chi connectivity index (χ3n) is 2.83. The first-order chi connectivity index (χ1) is 9.55. The van der Waals surface area contributed by atoms with Gasteiger partial charge in [0.25, 0.3) is 0 Å². The van der Waals surface area contributed by atoms with Crippen LogP contribution in [0, 0.1) is 5.92 Å². The highest BCUT2D eigenvalue weighted by molar-refractivity contribution is 7.97. The van der Waals surface area contributed by atoms with Crippen molar-refractivity contribution < 1.29 is 9.90 Å². The van der Waals surface area contributed by atoms with Gasteiger partial charge in [0.05, 0.1) is 12.6 Å². The number of nitrogens with one attached hydrogen (secondary N) is 2. The molecular weight excluding hydrogens is 272 g/mol. The number of rotatable bonds is 7. The van der Waals surface area contributed by atoms with Gasteiger partial charge in [-0.05, 0) is 36.3 Å². The fraction of sp³-hybridized carbons (Fsp3) is 0.533. The second-order valence-corrected chi connectivity index (χ2v) is 6.10. The molecule has 0 saturated heterocycles. The van der Waals surface area contributed by atoms with Gasteiger partial charge in [0.1, 0.15) is 0 Å². The second-order valence-electron chi connectivity index (χ2n) is 5.24. The van der Waals surface area contributed by atoms with Gasteiger partial charge in [-0.2, -0.15) is 11.8 Å². The molecule has 20 heavy (non-hydrogen) atoms. The van der Waals surface area contributed by atoms with Crippen LogP contribution < -0.4 is 10.6 Å². The van der Waals surface area contributed by atoms with Gasteiger partial charge in [-0.15, -0.1) is 0 Å².